The number of carboxylic acid groups (broad SMARTS) is 1. The molecule has 0 atom stereocenters. The Morgan fingerprint density at radius 1 is 1.20 bits per heavy atom. The molecule has 126 valence electrons. The number of Topliss-reactive ketones (excluding diaryl/α,β-unsaturated/α-hetero) is 1. The summed E-state index contributed by atoms with van der Waals surface area (Å²) in [6.45, 7) is 0. The standard InChI is InChI=1S/C18H13NO6/c20-13(9-14(21)17(22)23)10-4-3-5-11(8-10)16-18(24)25-15-7-2-1-6-12(15)19-16/h1-7,20H,8-9H2,(H,22,23)/b13-10+. The van der Waals surface area contributed by atoms with Crippen molar-refractivity contribution in [3.05, 3.63) is 69.9 Å². The zero-order valence-corrected chi connectivity index (χ0v) is 12.9. The average molecular weight is 339 g/mol. The van der Waals surface area contributed by atoms with E-state index in [1.165, 1.54) is 0 Å². The monoisotopic (exact) mass is 339 g/mol. The number of allylic oxidation sites excluding steroid dienone is 6. The zero-order valence-electron chi connectivity index (χ0n) is 12.9. The fraction of sp³-hybridized carbons (Fsp3) is 0.111. The van der Waals surface area contributed by atoms with E-state index in [1.54, 1.807) is 42.5 Å². The van der Waals surface area contributed by atoms with E-state index in [4.69, 9.17) is 9.52 Å². The summed E-state index contributed by atoms with van der Waals surface area (Å²) >= 11 is 0. The van der Waals surface area contributed by atoms with Crippen molar-refractivity contribution in [2.24, 2.45) is 0 Å². The highest BCUT2D eigenvalue weighted by Gasteiger charge is 2.20. The molecule has 0 aliphatic heterocycles. The van der Waals surface area contributed by atoms with Gasteiger partial charge in [-0.25, -0.2) is 14.6 Å². The number of benzene rings is 1. The molecule has 0 amide bonds. The van der Waals surface area contributed by atoms with Crippen molar-refractivity contribution >= 4 is 28.4 Å². The molecule has 3 rings (SSSR count). The van der Waals surface area contributed by atoms with Gasteiger partial charge in [0.2, 0.25) is 5.78 Å². The molecule has 2 N–H and O–H groups in total. The van der Waals surface area contributed by atoms with Crippen LogP contribution in [0.25, 0.3) is 16.7 Å². The normalized spacial score (nSPS) is 15.8. The summed E-state index contributed by atoms with van der Waals surface area (Å²) in [5.74, 6) is -3.07. The Balaban J connectivity index is 1.95. The number of aliphatic carboxylic acids is 1. The predicted octanol–water partition coefficient (Wildman–Crippen LogP) is 2.39. The number of carbonyl (C=O) groups excluding carboxylic acids is 1. The Labute approximate surface area is 141 Å². The highest BCUT2D eigenvalue weighted by atomic mass is 16.4. The number of fused-ring (bicyclic) bond motifs is 1. The Hall–Kier alpha value is -3.48. The van der Waals surface area contributed by atoms with Gasteiger partial charge in [0, 0.05) is 6.42 Å². The van der Waals surface area contributed by atoms with E-state index in [0.29, 0.717) is 22.2 Å². The fourth-order valence-corrected chi connectivity index (χ4v) is 2.46. The number of hydrogen-bond donors (Lipinski definition) is 2. The summed E-state index contributed by atoms with van der Waals surface area (Å²) in [7, 11) is 0. The molecule has 0 saturated carbocycles. The van der Waals surface area contributed by atoms with Crippen LogP contribution in [-0.4, -0.2) is 26.9 Å². The molecule has 0 spiro atoms. The molecular formula is C18H13NO6. The highest BCUT2D eigenvalue weighted by molar-refractivity contribution is 6.33. The summed E-state index contributed by atoms with van der Waals surface area (Å²) < 4.78 is 5.24. The number of aromatic nitrogens is 1. The van der Waals surface area contributed by atoms with Crippen LogP contribution in [0.3, 0.4) is 0 Å². The van der Waals surface area contributed by atoms with Gasteiger partial charge in [-0.1, -0.05) is 30.4 Å². The van der Waals surface area contributed by atoms with Crippen molar-refractivity contribution < 1.29 is 24.2 Å². The number of rotatable bonds is 4. The average Bonchev–Trinajstić information content (AvgIpc) is 2.61. The van der Waals surface area contributed by atoms with Crippen molar-refractivity contribution in [2.75, 3.05) is 0 Å². The quantitative estimate of drug-likeness (QED) is 0.648. The number of carbonyl (C=O) groups is 2. The summed E-state index contributed by atoms with van der Waals surface area (Å²) in [4.78, 5) is 38.3. The van der Waals surface area contributed by atoms with Gasteiger partial charge in [-0.05, 0) is 23.3 Å². The Morgan fingerprint density at radius 3 is 2.72 bits per heavy atom. The number of hydrogen-bond acceptors (Lipinski definition) is 6. The molecule has 1 aliphatic carbocycles. The SMILES string of the molecule is O=C(O)C(=O)C/C(O)=C1/C=CC=C(c2nc3ccccc3oc2=O)C1. The lowest BCUT2D eigenvalue weighted by Crippen LogP contribution is -2.14. The molecule has 0 fully saturated rings. The molecule has 25 heavy (non-hydrogen) atoms. The topological polar surface area (TPSA) is 118 Å². The van der Waals surface area contributed by atoms with Gasteiger partial charge in [0.05, 0.1) is 6.42 Å². The number of aliphatic hydroxyl groups excluding tert-OH is 1. The first-order valence-electron chi connectivity index (χ1n) is 7.40. The van der Waals surface area contributed by atoms with Gasteiger partial charge in [0.15, 0.2) is 11.3 Å². The van der Waals surface area contributed by atoms with Crippen molar-refractivity contribution in [2.45, 2.75) is 12.8 Å². The minimum absolute atomic E-state index is 0.109. The first-order valence-corrected chi connectivity index (χ1v) is 7.40. The zero-order chi connectivity index (χ0) is 18.0. The largest absolute Gasteiger partial charge is 0.512 e. The molecule has 0 unspecified atom stereocenters. The summed E-state index contributed by atoms with van der Waals surface area (Å²) in [5, 5.41) is 18.6. The van der Waals surface area contributed by atoms with E-state index in [9.17, 15) is 19.5 Å². The third-order valence-electron chi connectivity index (χ3n) is 3.71. The third-order valence-corrected chi connectivity index (χ3v) is 3.71. The lowest BCUT2D eigenvalue weighted by molar-refractivity contribution is -0.149. The Morgan fingerprint density at radius 2 is 1.96 bits per heavy atom. The van der Waals surface area contributed by atoms with Crippen LogP contribution in [0.4, 0.5) is 0 Å². The summed E-state index contributed by atoms with van der Waals surface area (Å²) in [6.07, 6.45) is 4.32. The van der Waals surface area contributed by atoms with Gasteiger partial charge in [0.1, 0.15) is 11.3 Å². The molecular weight excluding hydrogens is 326 g/mol. The first kappa shape index (κ1) is 16.4. The van der Waals surface area contributed by atoms with Crippen LogP contribution in [0.15, 0.2) is 63.0 Å². The summed E-state index contributed by atoms with van der Waals surface area (Å²) in [5.41, 5.74) is 1.24. The predicted molar refractivity (Wildman–Crippen MR) is 88.9 cm³/mol. The van der Waals surface area contributed by atoms with E-state index in [2.05, 4.69) is 4.98 Å². The molecule has 1 aromatic heterocycles. The second-order valence-corrected chi connectivity index (χ2v) is 5.42. The van der Waals surface area contributed by atoms with Crippen molar-refractivity contribution in [3.8, 4) is 0 Å². The smallest absolute Gasteiger partial charge is 0.372 e. The van der Waals surface area contributed by atoms with E-state index >= 15 is 0 Å². The van der Waals surface area contributed by atoms with E-state index in [0.717, 1.165) is 0 Å². The first-order chi connectivity index (χ1) is 12.0. The van der Waals surface area contributed by atoms with Crippen LogP contribution >= 0.6 is 0 Å². The maximum atomic E-state index is 12.2. The molecule has 0 bridgehead atoms. The summed E-state index contributed by atoms with van der Waals surface area (Å²) in [6, 6.07) is 6.84. The molecule has 0 radical (unpaired) electrons. The van der Waals surface area contributed by atoms with Crippen molar-refractivity contribution in [3.63, 3.8) is 0 Å². The van der Waals surface area contributed by atoms with E-state index in [-0.39, 0.29) is 17.9 Å². The fourth-order valence-electron chi connectivity index (χ4n) is 2.46. The lowest BCUT2D eigenvalue weighted by Gasteiger charge is -2.12. The molecule has 2 aromatic rings. The van der Waals surface area contributed by atoms with Crippen LogP contribution in [0.1, 0.15) is 18.5 Å². The highest BCUT2D eigenvalue weighted by Crippen LogP contribution is 2.27. The Bertz CT molecular complexity index is 1030. The number of aliphatic hydroxyl groups is 1. The van der Waals surface area contributed by atoms with Gasteiger partial charge in [0.25, 0.3) is 0 Å². The minimum Gasteiger partial charge on any atom is -0.512 e. The number of ketones is 1. The Kier molecular flexibility index (Phi) is 4.30. The molecule has 1 aromatic carbocycles. The maximum absolute atomic E-state index is 12.2. The van der Waals surface area contributed by atoms with Crippen LogP contribution in [0.5, 0.6) is 0 Å². The van der Waals surface area contributed by atoms with Crippen molar-refractivity contribution in [1.82, 2.24) is 4.98 Å². The van der Waals surface area contributed by atoms with E-state index in [1.807, 2.05) is 0 Å². The second-order valence-electron chi connectivity index (χ2n) is 5.42. The van der Waals surface area contributed by atoms with Gasteiger partial charge in [-0.3, -0.25) is 4.79 Å². The number of carboxylic acids is 1. The van der Waals surface area contributed by atoms with Crippen LogP contribution in [-0.2, 0) is 9.59 Å². The molecule has 7 heteroatoms. The number of nitrogens with zero attached hydrogens (tertiary/aromatic N) is 1. The number of para-hydroxylation sites is 2. The van der Waals surface area contributed by atoms with Gasteiger partial charge in [-0.2, -0.15) is 0 Å². The third kappa shape index (κ3) is 3.40. The van der Waals surface area contributed by atoms with Crippen molar-refractivity contribution in [1.29, 1.82) is 0 Å². The second kappa shape index (κ2) is 6.56. The molecule has 7 nitrogen and oxygen atoms in total. The molecule has 1 aliphatic rings. The maximum Gasteiger partial charge on any atom is 0.372 e. The van der Waals surface area contributed by atoms with Gasteiger partial charge < -0.3 is 14.6 Å². The molecule has 0 saturated heterocycles. The lowest BCUT2D eigenvalue weighted by atomic mass is 9.95. The molecule has 1 heterocycles. The minimum atomic E-state index is -1.61. The van der Waals surface area contributed by atoms with Crippen LogP contribution in [0, 0.1) is 0 Å². The van der Waals surface area contributed by atoms with Crippen LogP contribution in [0.2, 0.25) is 0 Å². The van der Waals surface area contributed by atoms with Crippen LogP contribution < -0.4 is 5.63 Å². The van der Waals surface area contributed by atoms with E-state index < -0.39 is 23.8 Å². The van der Waals surface area contributed by atoms with Gasteiger partial charge >= 0.3 is 11.6 Å². The van der Waals surface area contributed by atoms with Gasteiger partial charge in [-0.15, -0.1) is 0 Å².